The minimum Gasteiger partial charge on any atom is -0.244 e. The van der Waals surface area contributed by atoms with Gasteiger partial charge in [0.25, 0.3) is 0 Å². The topological polar surface area (TPSA) is 36.7 Å². The molecule has 0 aliphatic carbocycles. The molecule has 0 atom stereocenters. The maximum absolute atomic E-state index is 9.00. The lowest BCUT2D eigenvalue weighted by molar-refractivity contribution is 1.25. The molecule has 88 valence electrons. The Morgan fingerprint density at radius 2 is 2.11 bits per heavy atom. The second-order valence-corrected chi connectivity index (χ2v) is 5.03. The Bertz CT molecular complexity index is 639. The molecule has 0 aliphatic rings. The van der Waals surface area contributed by atoms with Crippen molar-refractivity contribution in [3.8, 4) is 17.2 Å². The average molecular weight is 346 g/mol. The van der Waals surface area contributed by atoms with E-state index in [4.69, 9.17) is 5.26 Å². The standard InChI is InChI=1S/C15H11IN2/c1-2-4-12-7-13(10-18-15(12)9-17)11-5-3-6-14(16)8-11/h2-8,10H,1H3/b4-2+. The van der Waals surface area contributed by atoms with Crippen molar-refractivity contribution in [1.29, 1.82) is 5.26 Å². The van der Waals surface area contributed by atoms with E-state index in [9.17, 15) is 0 Å². The Hall–Kier alpha value is -1.67. The maximum atomic E-state index is 9.00. The second kappa shape index (κ2) is 5.78. The fourth-order valence-corrected chi connectivity index (χ4v) is 2.25. The van der Waals surface area contributed by atoms with Gasteiger partial charge in [-0.15, -0.1) is 0 Å². The molecule has 0 aliphatic heterocycles. The molecule has 0 saturated heterocycles. The molecule has 2 nitrogen and oxygen atoms in total. The molecule has 0 fully saturated rings. The van der Waals surface area contributed by atoms with Crippen molar-refractivity contribution < 1.29 is 0 Å². The highest BCUT2D eigenvalue weighted by Gasteiger charge is 2.04. The van der Waals surface area contributed by atoms with Gasteiger partial charge < -0.3 is 0 Å². The molecule has 0 saturated carbocycles. The van der Waals surface area contributed by atoms with Crippen molar-refractivity contribution >= 4 is 28.7 Å². The average Bonchev–Trinajstić information content (AvgIpc) is 2.39. The Morgan fingerprint density at radius 3 is 2.78 bits per heavy atom. The molecule has 0 radical (unpaired) electrons. The Morgan fingerprint density at radius 1 is 1.28 bits per heavy atom. The molecule has 2 rings (SSSR count). The van der Waals surface area contributed by atoms with E-state index in [2.05, 4.69) is 39.7 Å². The zero-order valence-corrected chi connectivity index (χ0v) is 12.0. The highest BCUT2D eigenvalue weighted by Crippen LogP contribution is 2.23. The van der Waals surface area contributed by atoms with Crippen molar-refractivity contribution in [2.75, 3.05) is 0 Å². The van der Waals surface area contributed by atoms with Gasteiger partial charge in [0.15, 0.2) is 0 Å². The summed E-state index contributed by atoms with van der Waals surface area (Å²) in [5.41, 5.74) is 3.46. The van der Waals surface area contributed by atoms with Gasteiger partial charge in [-0.25, -0.2) is 4.98 Å². The molecule has 0 bridgehead atoms. The monoisotopic (exact) mass is 346 g/mol. The summed E-state index contributed by atoms with van der Waals surface area (Å²) < 4.78 is 1.18. The molecular weight excluding hydrogens is 335 g/mol. The summed E-state index contributed by atoms with van der Waals surface area (Å²) in [4.78, 5) is 4.21. The Kier molecular flexibility index (Phi) is 4.11. The van der Waals surface area contributed by atoms with Crippen LogP contribution in [0.1, 0.15) is 18.2 Å². The van der Waals surface area contributed by atoms with E-state index < -0.39 is 0 Å². The number of hydrogen-bond acceptors (Lipinski definition) is 2. The highest BCUT2D eigenvalue weighted by molar-refractivity contribution is 14.1. The lowest BCUT2D eigenvalue weighted by atomic mass is 10.0. The van der Waals surface area contributed by atoms with Crippen molar-refractivity contribution in [2.45, 2.75) is 6.92 Å². The van der Waals surface area contributed by atoms with E-state index in [1.54, 1.807) is 6.20 Å². The normalized spacial score (nSPS) is 10.5. The summed E-state index contributed by atoms with van der Waals surface area (Å²) in [5.74, 6) is 0. The number of halogens is 1. The predicted octanol–water partition coefficient (Wildman–Crippen LogP) is 4.26. The smallest absolute Gasteiger partial charge is 0.147 e. The van der Waals surface area contributed by atoms with Crippen molar-refractivity contribution in [1.82, 2.24) is 4.98 Å². The van der Waals surface area contributed by atoms with Gasteiger partial charge >= 0.3 is 0 Å². The van der Waals surface area contributed by atoms with E-state index in [0.29, 0.717) is 5.69 Å². The molecule has 0 N–H and O–H groups in total. The first-order valence-electron chi connectivity index (χ1n) is 5.53. The van der Waals surface area contributed by atoms with Crippen LogP contribution < -0.4 is 0 Å². The molecule has 0 spiro atoms. The summed E-state index contributed by atoms with van der Waals surface area (Å²) in [6, 6.07) is 12.3. The molecule has 0 unspecified atom stereocenters. The van der Waals surface area contributed by atoms with Crippen LogP contribution in [0.5, 0.6) is 0 Å². The summed E-state index contributed by atoms with van der Waals surface area (Å²) in [5, 5.41) is 9.00. The van der Waals surface area contributed by atoms with Crippen molar-refractivity contribution in [2.24, 2.45) is 0 Å². The van der Waals surface area contributed by atoms with Crippen LogP contribution in [0.3, 0.4) is 0 Å². The largest absolute Gasteiger partial charge is 0.244 e. The van der Waals surface area contributed by atoms with Crippen LogP contribution in [0.25, 0.3) is 17.2 Å². The lowest BCUT2D eigenvalue weighted by Gasteiger charge is -2.04. The van der Waals surface area contributed by atoms with Gasteiger partial charge in [-0.2, -0.15) is 5.26 Å². The van der Waals surface area contributed by atoms with Gasteiger partial charge in [0, 0.05) is 20.9 Å². The fraction of sp³-hybridized carbons (Fsp3) is 0.0667. The summed E-state index contributed by atoms with van der Waals surface area (Å²) in [6.45, 7) is 1.93. The van der Waals surface area contributed by atoms with E-state index >= 15 is 0 Å². The third-order valence-electron chi connectivity index (χ3n) is 2.53. The third-order valence-corrected chi connectivity index (χ3v) is 3.20. The first kappa shape index (κ1) is 12.8. The maximum Gasteiger partial charge on any atom is 0.147 e. The predicted molar refractivity (Wildman–Crippen MR) is 81.8 cm³/mol. The third kappa shape index (κ3) is 2.77. The van der Waals surface area contributed by atoms with E-state index in [1.165, 1.54) is 3.57 Å². The van der Waals surface area contributed by atoms with Crippen LogP contribution in [0.15, 0.2) is 42.6 Å². The number of rotatable bonds is 2. The summed E-state index contributed by atoms with van der Waals surface area (Å²) in [6.07, 6.45) is 5.57. The van der Waals surface area contributed by atoms with Gasteiger partial charge in [0.2, 0.25) is 0 Å². The van der Waals surface area contributed by atoms with Gasteiger partial charge in [0.1, 0.15) is 11.8 Å². The zero-order chi connectivity index (χ0) is 13.0. The molecule has 0 amide bonds. The number of nitrogens with zero attached hydrogens (tertiary/aromatic N) is 2. The SMILES string of the molecule is C/C=C/c1cc(-c2cccc(I)c2)cnc1C#N. The zero-order valence-electron chi connectivity index (χ0n) is 9.89. The molecule has 2 aromatic rings. The molecule has 18 heavy (non-hydrogen) atoms. The molecule has 1 aromatic carbocycles. The quantitative estimate of drug-likeness (QED) is 0.762. The van der Waals surface area contributed by atoms with Crippen molar-refractivity contribution in [3.05, 3.63) is 57.4 Å². The number of nitriles is 1. The van der Waals surface area contributed by atoms with Crippen LogP contribution >= 0.6 is 22.6 Å². The Labute approximate surface area is 120 Å². The first-order chi connectivity index (χ1) is 8.74. The van der Waals surface area contributed by atoms with Crippen molar-refractivity contribution in [3.63, 3.8) is 0 Å². The number of pyridine rings is 1. The summed E-state index contributed by atoms with van der Waals surface area (Å²) in [7, 11) is 0. The van der Waals surface area contributed by atoms with Crippen LogP contribution in [0.4, 0.5) is 0 Å². The van der Waals surface area contributed by atoms with E-state index in [1.807, 2.05) is 43.3 Å². The Balaban J connectivity index is 2.54. The number of allylic oxidation sites excluding steroid dienone is 1. The van der Waals surface area contributed by atoms with Crippen LogP contribution in [-0.4, -0.2) is 4.98 Å². The fourth-order valence-electron chi connectivity index (χ4n) is 1.71. The van der Waals surface area contributed by atoms with Crippen LogP contribution in [0.2, 0.25) is 0 Å². The van der Waals surface area contributed by atoms with Gasteiger partial charge in [-0.05, 0) is 53.3 Å². The number of aromatic nitrogens is 1. The van der Waals surface area contributed by atoms with Gasteiger partial charge in [-0.3, -0.25) is 0 Å². The molecular formula is C15H11IN2. The lowest BCUT2D eigenvalue weighted by Crippen LogP contribution is -1.90. The minimum absolute atomic E-state index is 0.461. The number of hydrogen-bond donors (Lipinski definition) is 0. The molecule has 1 aromatic heterocycles. The van der Waals surface area contributed by atoms with E-state index in [-0.39, 0.29) is 0 Å². The molecule has 1 heterocycles. The minimum atomic E-state index is 0.461. The first-order valence-corrected chi connectivity index (χ1v) is 6.61. The molecule has 3 heteroatoms. The van der Waals surface area contributed by atoms with Gasteiger partial charge in [0.05, 0.1) is 0 Å². The number of benzene rings is 1. The highest BCUT2D eigenvalue weighted by atomic mass is 127. The van der Waals surface area contributed by atoms with Gasteiger partial charge in [-0.1, -0.05) is 24.3 Å². The second-order valence-electron chi connectivity index (χ2n) is 3.78. The van der Waals surface area contributed by atoms with Crippen LogP contribution in [0, 0.1) is 14.9 Å². The van der Waals surface area contributed by atoms with E-state index in [0.717, 1.165) is 16.7 Å². The van der Waals surface area contributed by atoms with Crippen LogP contribution in [-0.2, 0) is 0 Å². The summed E-state index contributed by atoms with van der Waals surface area (Å²) >= 11 is 2.28.